The van der Waals surface area contributed by atoms with Crippen LogP contribution in [0.25, 0.3) is 10.8 Å². The van der Waals surface area contributed by atoms with Crippen LogP contribution in [0.2, 0.25) is 0 Å². The summed E-state index contributed by atoms with van der Waals surface area (Å²) in [5, 5.41) is 12.8. The largest absolute Gasteiger partial charge is 0.539 e. The van der Waals surface area contributed by atoms with E-state index in [0.717, 1.165) is 10.8 Å². The minimum Gasteiger partial charge on any atom is -0.539 e. The van der Waals surface area contributed by atoms with Crippen LogP contribution in [0.15, 0.2) is 30.3 Å². The van der Waals surface area contributed by atoms with Gasteiger partial charge in [0, 0.05) is 11.8 Å². The molecular weight excluding hydrogens is 311 g/mol. The summed E-state index contributed by atoms with van der Waals surface area (Å²) < 4.78 is 5.10. The van der Waals surface area contributed by atoms with E-state index in [9.17, 15) is 14.4 Å². The minimum atomic E-state index is -0.713. The Morgan fingerprint density at radius 2 is 2.08 bits per heavy atom. The van der Waals surface area contributed by atoms with Crippen LogP contribution < -0.4 is 14.9 Å². The van der Waals surface area contributed by atoms with Crippen molar-refractivity contribution in [2.24, 2.45) is 0 Å². The van der Waals surface area contributed by atoms with Crippen molar-refractivity contribution in [2.45, 2.75) is 18.9 Å². The van der Waals surface area contributed by atoms with Crippen molar-refractivity contribution in [3.8, 4) is 5.75 Å². The molecule has 1 unspecified atom stereocenters. The summed E-state index contributed by atoms with van der Waals surface area (Å²) in [6.07, 6.45) is 0.492. The first-order valence-electron chi connectivity index (χ1n) is 7.58. The first-order valence-corrected chi connectivity index (χ1v) is 7.58. The number of carbonyl (C=O) groups excluding carboxylic acids is 3. The summed E-state index contributed by atoms with van der Waals surface area (Å²) in [6.45, 7) is 0. The Balaban J connectivity index is 1.83. The van der Waals surface area contributed by atoms with E-state index in [4.69, 9.17) is 9.68 Å². The molecule has 2 aromatic rings. The molecule has 0 spiro atoms. The number of piperidine rings is 1. The Morgan fingerprint density at radius 1 is 1.25 bits per heavy atom. The van der Waals surface area contributed by atoms with Crippen molar-refractivity contribution in [1.29, 1.82) is 0 Å². The molecule has 1 atom stereocenters. The van der Waals surface area contributed by atoms with Crippen molar-refractivity contribution in [1.82, 2.24) is 5.32 Å². The van der Waals surface area contributed by atoms with Crippen molar-refractivity contribution in [2.75, 3.05) is 4.90 Å². The molecule has 7 nitrogen and oxygen atoms in total. The number of hydrogen-bond donors (Lipinski definition) is 2. The topological polar surface area (TPSA) is 95.9 Å². The maximum absolute atomic E-state index is 12.9. The summed E-state index contributed by atoms with van der Waals surface area (Å²) >= 11 is 0. The van der Waals surface area contributed by atoms with E-state index < -0.39 is 19.6 Å². The van der Waals surface area contributed by atoms with Gasteiger partial charge in [-0.2, -0.15) is 0 Å². The zero-order valence-electron chi connectivity index (χ0n) is 12.6. The van der Waals surface area contributed by atoms with Crippen molar-refractivity contribution in [3.05, 3.63) is 35.9 Å². The fraction of sp³-hybridized carbons (Fsp3) is 0.188. The standard InChI is InChI=1S/C16H13BN2O5/c20-13-5-4-12(15(21)18-13)19-11-3-1-2-8-6-9(24-17-23)7-10(14(8)11)16(19)22/h1-3,6-7,12,17,23H,4-5H2,(H,18,20,21). The van der Waals surface area contributed by atoms with Gasteiger partial charge in [-0.05, 0) is 30.0 Å². The Bertz CT molecular complexity index is 897. The summed E-state index contributed by atoms with van der Waals surface area (Å²) in [6, 6.07) is 8.01. The van der Waals surface area contributed by atoms with Crippen LogP contribution in [0.5, 0.6) is 5.75 Å². The summed E-state index contributed by atoms with van der Waals surface area (Å²) in [5.74, 6) is -0.705. The molecule has 2 heterocycles. The summed E-state index contributed by atoms with van der Waals surface area (Å²) in [7, 11) is -0.490. The lowest BCUT2D eigenvalue weighted by Gasteiger charge is -2.30. The maximum Gasteiger partial charge on any atom is 0.504 e. The molecule has 0 aromatic heterocycles. The number of imide groups is 1. The summed E-state index contributed by atoms with van der Waals surface area (Å²) in [5.41, 5.74) is 1.08. The minimum absolute atomic E-state index is 0.200. The van der Waals surface area contributed by atoms with Gasteiger partial charge >= 0.3 is 7.69 Å². The zero-order chi connectivity index (χ0) is 16.8. The number of amides is 3. The van der Waals surface area contributed by atoms with Crippen LogP contribution in [0.4, 0.5) is 5.69 Å². The van der Waals surface area contributed by atoms with E-state index in [1.807, 2.05) is 6.07 Å². The van der Waals surface area contributed by atoms with Gasteiger partial charge in [0.25, 0.3) is 5.91 Å². The molecule has 0 radical (unpaired) electrons. The van der Waals surface area contributed by atoms with E-state index in [0.29, 0.717) is 23.4 Å². The van der Waals surface area contributed by atoms with Crippen LogP contribution in [0.1, 0.15) is 23.2 Å². The van der Waals surface area contributed by atoms with Gasteiger partial charge in [0.15, 0.2) is 0 Å². The highest BCUT2D eigenvalue weighted by atomic mass is 16.5. The molecule has 120 valence electrons. The van der Waals surface area contributed by atoms with Crippen molar-refractivity contribution < 1.29 is 24.1 Å². The van der Waals surface area contributed by atoms with Gasteiger partial charge in [-0.25, -0.2) is 0 Å². The molecule has 4 rings (SSSR count). The predicted molar refractivity (Wildman–Crippen MR) is 86.9 cm³/mol. The monoisotopic (exact) mass is 324 g/mol. The third-order valence-electron chi connectivity index (χ3n) is 4.39. The highest BCUT2D eigenvalue weighted by Crippen LogP contribution is 2.41. The van der Waals surface area contributed by atoms with E-state index in [1.165, 1.54) is 4.90 Å². The third-order valence-corrected chi connectivity index (χ3v) is 4.39. The first kappa shape index (κ1) is 14.7. The first-order chi connectivity index (χ1) is 11.6. The van der Waals surface area contributed by atoms with Crippen LogP contribution in [0, 0.1) is 0 Å². The number of anilines is 1. The Kier molecular flexibility index (Phi) is 3.28. The second kappa shape index (κ2) is 5.35. The molecule has 0 saturated carbocycles. The lowest BCUT2D eigenvalue weighted by molar-refractivity contribution is -0.134. The van der Waals surface area contributed by atoms with Gasteiger partial charge in [-0.3, -0.25) is 24.6 Å². The molecule has 2 aromatic carbocycles. The normalized spacial score (nSPS) is 19.6. The van der Waals surface area contributed by atoms with E-state index in [2.05, 4.69) is 5.32 Å². The Labute approximate surface area is 137 Å². The van der Waals surface area contributed by atoms with Crippen LogP contribution in [-0.2, 0) is 9.59 Å². The van der Waals surface area contributed by atoms with E-state index in [1.54, 1.807) is 24.3 Å². The van der Waals surface area contributed by atoms with E-state index in [-0.39, 0.29) is 18.2 Å². The molecule has 8 heteroatoms. The lowest BCUT2D eigenvalue weighted by atomic mass is 10.0. The molecule has 2 N–H and O–H groups in total. The fourth-order valence-corrected chi connectivity index (χ4v) is 3.38. The lowest BCUT2D eigenvalue weighted by Crippen LogP contribution is -2.53. The molecular formula is C16H13BN2O5. The maximum atomic E-state index is 12.9. The average Bonchev–Trinajstić information content (AvgIpc) is 2.83. The van der Waals surface area contributed by atoms with Gasteiger partial charge in [0.05, 0.1) is 11.3 Å². The van der Waals surface area contributed by atoms with Gasteiger partial charge in [-0.1, -0.05) is 12.1 Å². The van der Waals surface area contributed by atoms with Crippen molar-refractivity contribution >= 4 is 41.9 Å². The van der Waals surface area contributed by atoms with Gasteiger partial charge < -0.3 is 9.68 Å². The highest BCUT2D eigenvalue weighted by Gasteiger charge is 2.40. The smallest absolute Gasteiger partial charge is 0.504 e. The summed E-state index contributed by atoms with van der Waals surface area (Å²) in [4.78, 5) is 37.9. The number of nitrogens with one attached hydrogen (secondary N) is 1. The van der Waals surface area contributed by atoms with Gasteiger partial charge in [0.2, 0.25) is 11.8 Å². The predicted octanol–water partition coefficient (Wildman–Crippen LogP) is 0.243. The van der Waals surface area contributed by atoms with Crippen molar-refractivity contribution in [3.63, 3.8) is 0 Å². The SMILES string of the molecule is O=C1CCC(N2C(=O)c3cc(OBO)cc4cccc2c34)C(=O)N1. The van der Waals surface area contributed by atoms with Crippen LogP contribution >= 0.6 is 0 Å². The quantitative estimate of drug-likeness (QED) is 0.623. The molecule has 0 bridgehead atoms. The molecule has 1 fully saturated rings. The molecule has 2 aliphatic rings. The molecule has 2 aliphatic heterocycles. The van der Waals surface area contributed by atoms with E-state index >= 15 is 0 Å². The van der Waals surface area contributed by atoms with Crippen LogP contribution in [-0.4, -0.2) is 36.5 Å². The number of benzene rings is 2. The molecule has 3 amide bonds. The number of hydrogen-bond acceptors (Lipinski definition) is 5. The molecule has 1 saturated heterocycles. The Hall–Kier alpha value is -2.87. The number of carbonyl (C=O) groups is 3. The van der Waals surface area contributed by atoms with Gasteiger partial charge in [0.1, 0.15) is 11.8 Å². The molecule has 0 aliphatic carbocycles. The molecule has 24 heavy (non-hydrogen) atoms. The van der Waals surface area contributed by atoms with Crippen LogP contribution in [0.3, 0.4) is 0 Å². The second-order valence-electron chi connectivity index (χ2n) is 5.76. The second-order valence-corrected chi connectivity index (χ2v) is 5.76. The zero-order valence-corrected chi connectivity index (χ0v) is 12.6. The highest BCUT2D eigenvalue weighted by molar-refractivity contribution is 6.27. The number of nitrogens with zero attached hydrogens (tertiary/aromatic N) is 1. The average molecular weight is 324 g/mol. The third kappa shape index (κ3) is 2.07. The fourth-order valence-electron chi connectivity index (χ4n) is 3.38. The number of rotatable bonds is 3. The van der Waals surface area contributed by atoms with Gasteiger partial charge in [-0.15, -0.1) is 0 Å². The Morgan fingerprint density at radius 3 is 2.83 bits per heavy atom.